The van der Waals surface area contributed by atoms with E-state index in [-0.39, 0.29) is 17.5 Å². The molecule has 1 aliphatic carbocycles. The van der Waals surface area contributed by atoms with Gasteiger partial charge in [0.1, 0.15) is 29.6 Å². The van der Waals surface area contributed by atoms with Crippen LogP contribution in [-0.4, -0.2) is 19.7 Å². The second kappa shape index (κ2) is 8.41. The lowest BCUT2D eigenvalue weighted by molar-refractivity contribution is 0.0788. The molecule has 1 saturated carbocycles. The van der Waals surface area contributed by atoms with Gasteiger partial charge in [-0.2, -0.15) is 5.10 Å². The van der Waals surface area contributed by atoms with E-state index in [0.717, 1.165) is 28.4 Å². The molecule has 3 heterocycles. The van der Waals surface area contributed by atoms with Gasteiger partial charge in [0.2, 0.25) is 0 Å². The van der Waals surface area contributed by atoms with Crippen LogP contribution in [0.1, 0.15) is 97.8 Å². The predicted molar refractivity (Wildman–Crippen MR) is 124 cm³/mol. The van der Waals surface area contributed by atoms with E-state index in [1.165, 1.54) is 50.4 Å². The average molecular weight is 427 g/mol. The van der Waals surface area contributed by atoms with Crippen LogP contribution in [-0.2, 0) is 4.84 Å². The summed E-state index contributed by atoms with van der Waals surface area (Å²) in [6, 6.07) is 0.0390. The SMILES string of the molecule is CC1CCCC(C2=C(C(C)(C)C)ONC2c2nn(C(C)C)c3ncnc(N)c23)CCC1. The minimum absolute atomic E-state index is 0.0921. The zero-order valence-corrected chi connectivity index (χ0v) is 19.9. The minimum atomic E-state index is -0.133. The highest BCUT2D eigenvalue weighted by Gasteiger charge is 2.41. The molecule has 3 N–H and O–H groups in total. The molecule has 0 radical (unpaired) electrons. The lowest BCUT2D eigenvalue weighted by Crippen LogP contribution is -2.21. The third kappa shape index (κ3) is 4.16. The first-order valence-electron chi connectivity index (χ1n) is 11.8. The summed E-state index contributed by atoms with van der Waals surface area (Å²) >= 11 is 0. The van der Waals surface area contributed by atoms with E-state index >= 15 is 0 Å². The van der Waals surface area contributed by atoms with Gasteiger partial charge in [-0.3, -0.25) is 0 Å². The van der Waals surface area contributed by atoms with E-state index in [1.807, 2.05) is 4.68 Å². The van der Waals surface area contributed by atoms with Crippen LogP contribution in [0.4, 0.5) is 5.82 Å². The maximum atomic E-state index is 6.35. The second-order valence-electron chi connectivity index (χ2n) is 10.7. The molecule has 0 bridgehead atoms. The Hall–Kier alpha value is -2.15. The second-order valence-corrected chi connectivity index (χ2v) is 10.7. The molecule has 0 saturated heterocycles. The molecule has 7 heteroatoms. The summed E-state index contributed by atoms with van der Waals surface area (Å²) in [5.41, 5.74) is 12.6. The number of allylic oxidation sites excluding steroid dienone is 1. The highest BCUT2D eigenvalue weighted by Crippen LogP contribution is 2.47. The monoisotopic (exact) mass is 426 g/mol. The summed E-state index contributed by atoms with van der Waals surface area (Å²) in [5.74, 6) is 2.84. The lowest BCUT2D eigenvalue weighted by atomic mass is 9.76. The van der Waals surface area contributed by atoms with E-state index in [1.54, 1.807) is 0 Å². The van der Waals surface area contributed by atoms with Gasteiger partial charge >= 0.3 is 0 Å². The van der Waals surface area contributed by atoms with Crippen molar-refractivity contribution >= 4 is 16.9 Å². The first-order chi connectivity index (χ1) is 14.7. The minimum Gasteiger partial charge on any atom is -0.412 e. The Morgan fingerprint density at radius 1 is 1.13 bits per heavy atom. The molecular formula is C24H38N6O. The van der Waals surface area contributed by atoms with Crippen LogP contribution >= 0.6 is 0 Å². The van der Waals surface area contributed by atoms with Crippen molar-refractivity contribution in [3.63, 3.8) is 0 Å². The highest BCUT2D eigenvalue weighted by molar-refractivity contribution is 5.89. The molecule has 0 amide bonds. The summed E-state index contributed by atoms with van der Waals surface area (Å²) in [4.78, 5) is 15.0. The number of fused-ring (bicyclic) bond motifs is 1. The fraction of sp³-hybridized carbons (Fsp3) is 0.708. The van der Waals surface area contributed by atoms with Crippen molar-refractivity contribution in [3.05, 3.63) is 23.4 Å². The van der Waals surface area contributed by atoms with E-state index in [0.29, 0.717) is 11.7 Å². The van der Waals surface area contributed by atoms with E-state index in [2.05, 4.69) is 57.0 Å². The van der Waals surface area contributed by atoms with Crippen LogP contribution in [0.3, 0.4) is 0 Å². The van der Waals surface area contributed by atoms with Crippen LogP contribution in [0, 0.1) is 17.3 Å². The van der Waals surface area contributed by atoms with E-state index < -0.39 is 0 Å². The van der Waals surface area contributed by atoms with Gasteiger partial charge in [0.15, 0.2) is 5.65 Å². The summed E-state index contributed by atoms with van der Waals surface area (Å²) in [5, 5.41) is 5.84. The number of nitrogens with zero attached hydrogens (tertiary/aromatic N) is 4. The van der Waals surface area contributed by atoms with Crippen molar-refractivity contribution in [2.24, 2.45) is 17.3 Å². The van der Waals surface area contributed by atoms with Gasteiger partial charge in [0.05, 0.1) is 5.39 Å². The molecule has 0 spiro atoms. The number of rotatable bonds is 3. The zero-order valence-electron chi connectivity index (χ0n) is 19.9. The van der Waals surface area contributed by atoms with Gasteiger partial charge in [0, 0.05) is 17.0 Å². The standard InChI is InChI=1S/C24H38N6O/c1-14(2)30-23-18(22(25)26-13-27-23)19(28-30)20-17(21(31-29-20)24(4,5)6)16-11-7-9-15(3)10-8-12-16/h13-16,20,29H,7-12H2,1-6H3,(H2,25,26,27). The average Bonchev–Trinajstić information content (AvgIpc) is 3.27. The van der Waals surface area contributed by atoms with Crippen molar-refractivity contribution in [1.82, 2.24) is 25.2 Å². The van der Waals surface area contributed by atoms with Gasteiger partial charge in [-0.1, -0.05) is 53.4 Å². The number of hydroxylamine groups is 1. The van der Waals surface area contributed by atoms with E-state index in [9.17, 15) is 0 Å². The van der Waals surface area contributed by atoms with Crippen molar-refractivity contribution in [1.29, 1.82) is 0 Å². The summed E-state index contributed by atoms with van der Waals surface area (Å²) in [7, 11) is 0. The molecule has 1 fully saturated rings. The normalized spacial score (nSPS) is 25.7. The van der Waals surface area contributed by atoms with Gasteiger partial charge in [-0.05, 0) is 38.5 Å². The van der Waals surface area contributed by atoms with Gasteiger partial charge in [-0.25, -0.2) is 14.6 Å². The molecule has 7 nitrogen and oxygen atoms in total. The number of anilines is 1. The Kier molecular flexibility index (Phi) is 5.99. The van der Waals surface area contributed by atoms with Crippen LogP contribution in [0.25, 0.3) is 11.0 Å². The highest BCUT2D eigenvalue weighted by atomic mass is 16.7. The fourth-order valence-electron chi connectivity index (χ4n) is 5.19. The first kappa shape index (κ1) is 22.1. The van der Waals surface area contributed by atoms with Crippen LogP contribution in [0.5, 0.6) is 0 Å². The maximum absolute atomic E-state index is 6.35. The van der Waals surface area contributed by atoms with Crippen molar-refractivity contribution < 1.29 is 4.84 Å². The van der Waals surface area contributed by atoms with E-state index in [4.69, 9.17) is 15.7 Å². The van der Waals surface area contributed by atoms with Crippen LogP contribution in [0.15, 0.2) is 17.7 Å². The lowest BCUT2D eigenvalue weighted by Gasteiger charge is -2.28. The van der Waals surface area contributed by atoms with Gasteiger partial charge in [-0.15, -0.1) is 5.48 Å². The Labute approximate surface area is 185 Å². The van der Waals surface area contributed by atoms with Crippen LogP contribution < -0.4 is 11.2 Å². The molecule has 2 aromatic rings. The number of nitrogens with two attached hydrogens (primary N) is 1. The zero-order chi connectivity index (χ0) is 22.3. The number of nitrogens with one attached hydrogen (secondary N) is 1. The fourth-order valence-corrected chi connectivity index (χ4v) is 5.19. The molecule has 2 aliphatic rings. The quantitative estimate of drug-likeness (QED) is 0.676. The first-order valence-corrected chi connectivity index (χ1v) is 11.8. The number of hydrogen-bond donors (Lipinski definition) is 2. The Bertz CT molecular complexity index is 960. The largest absolute Gasteiger partial charge is 0.412 e. The predicted octanol–water partition coefficient (Wildman–Crippen LogP) is 5.47. The summed E-state index contributed by atoms with van der Waals surface area (Å²) in [6.45, 7) is 13.3. The molecule has 1 unspecified atom stereocenters. The Morgan fingerprint density at radius 3 is 2.42 bits per heavy atom. The Balaban J connectivity index is 1.84. The smallest absolute Gasteiger partial charge is 0.163 e. The molecule has 2 aromatic heterocycles. The Morgan fingerprint density at radius 2 is 1.81 bits per heavy atom. The number of hydrogen-bond acceptors (Lipinski definition) is 6. The molecular weight excluding hydrogens is 388 g/mol. The molecule has 1 aliphatic heterocycles. The third-order valence-corrected chi connectivity index (χ3v) is 6.78. The number of nitrogen functional groups attached to an aromatic ring is 1. The van der Waals surface area contributed by atoms with Gasteiger partial charge in [0.25, 0.3) is 0 Å². The van der Waals surface area contributed by atoms with Crippen molar-refractivity contribution in [3.8, 4) is 0 Å². The summed E-state index contributed by atoms with van der Waals surface area (Å²) in [6.07, 6.45) is 9.02. The molecule has 1 atom stereocenters. The van der Waals surface area contributed by atoms with Crippen molar-refractivity contribution in [2.45, 2.75) is 92.2 Å². The molecule has 0 aromatic carbocycles. The summed E-state index contributed by atoms with van der Waals surface area (Å²) < 4.78 is 1.96. The molecule has 4 rings (SSSR count). The van der Waals surface area contributed by atoms with Crippen molar-refractivity contribution in [2.75, 3.05) is 5.73 Å². The molecule has 170 valence electrons. The third-order valence-electron chi connectivity index (χ3n) is 6.78. The molecule has 31 heavy (non-hydrogen) atoms. The maximum Gasteiger partial charge on any atom is 0.163 e. The number of aromatic nitrogens is 4. The van der Waals surface area contributed by atoms with Gasteiger partial charge < -0.3 is 10.6 Å². The topological polar surface area (TPSA) is 90.9 Å². The van der Waals surface area contributed by atoms with Crippen LogP contribution in [0.2, 0.25) is 0 Å².